The van der Waals surface area contributed by atoms with Gasteiger partial charge in [0, 0.05) is 21.4 Å². The number of carbonyl (C=O) groups excluding carboxylic acids is 1. The van der Waals surface area contributed by atoms with Crippen LogP contribution in [0.25, 0.3) is 10.2 Å². The average Bonchev–Trinajstić information content (AvgIpc) is 3.38. The predicted molar refractivity (Wildman–Crippen MR) is 125 cm³/mol. The van der Waals surface area contributed by atoms with Gasteiger partial charge in [-0.1, -0.05) is 30.3 Å². The van der Waals surface area contributed by atoms with E-state index in [1.807, 2.05) is 54.0 Å². The summed E-state index contributed by atoms with van der Waals surface area (Å²) in [7, 11) is 1.95. The maximum absolute atomic E-state index is 12.6. The first-order chi connectivity index (χ1) is 15.7. The van der Waals surface area contributed by atoms with Crippen LogP contribution in [0.1, 0.15) is 19.4 Å². The second kappa shape index (κ2) is 8.12. The lowest BCUT2D eigenvalue weighted by atomic mass is 9.79. The number of carboxylic acid groups (broad SMARTS) is 1. The molecule has 0 aliphatic carbocycles. The van der Waals surface area contributed by atoms with E-state index in [1.165, 1.54) is 28.0 Å². The minimum atomic E-state index is -1.14. The van der Waals surface area contributed by atoms with Crippen molar-refractivity contribution in [3.8, 4) is 0 Å². The van der Waals surface area contributed by atoms with Crippen molar-refractivity contribution in [2.45, 2.75) is 36.9 Å². The number of halogens is 1. The van der Waals surface area contributed by atoms with E-state index >= 15 is 0 Å². The van der Waals surface area contributed by atoms with Crippen molar-refractivity contribution in [1.82, 2.24) is 14.5 Å². The summed E-state index contributed by atoms with van der Waals surface area (Å²) < 4.78 is 5.60. The van der Waals surface area contributed by atoms with E-state index in [0.717, 1.165) is 15.8 Å². The number of carboxylic acids is 1. The molecular weight excluding hydrogens is 484 g/mol. The van der Waals surface area contributed by atoms with Gasteiger partial charge < -0.3 is 15.1 Å². The number of aliphatic hydroxyl groups excluding tert-OH is 1. The van der Waals surface area contributed by atoms with E-state index in [0.29, 0.717) is 20.8 Å². The van der Waals surface area contributed by atoms with Gasteiger partial charge in [0.2, 0.25) is 12.2 Å². The molecule has 0 spiro atoms. The monoisotopic (exact) mass is 505 g/mol. The fourth-order valence-corrected chi connectivity index (χ4v) is 7.48. The summed E-state index contributed by atoms with van der Waals surface area (Å²) in [6.07, 6.45) is 5.07. The summed E-state index contributed by atoms with van der Waals surface area (Å²) in [5, 5.41) is 20.5. The molecule has 1 amide bonds. The highest BCUT2D eigenvalue weighted by molar-refractivity contribution is 8.04. The number of aliphatic carboxylic acids is 1. The fraction of sp³-hybridized carbons (Fsp3) is 0.364. The Kier molecular flexibility index (Phi) is 5.51. The molecule has 0 radical (unpaired) electrons. The smallest absolute Gasteiger partial charge is 0.353 e. The van der Waals surface area contributed by atoms with Crippen molar-refractivity contribution in [2.24, 2.45) is 18.9 Å². The highest BCUT2D eigenvalue weighted by Gasteiger charge is 2.60. The molecule has 0 unspecified atom stereocenters. The predicted octanol–water partition coefficient (Wildman–Crippen LogP) is 2.87. The van der Waals surface area contributed by atoms with E-state index in [4.69, 9.17) is 16.6 Å². The molecule has 11 heteroatoms. The van der Waals surface area contributed by atoms with Crippen LogP contribution < -0.4 is 4.57 Å². The molecular formula is C22H22ClN4O4S2+. The number of amides is 1. The van der Waals surface area contributed by atoms with Gasteiger partial charge in [-0.15, -0.1) is 11.3 Å². The Labute approximate surface area is 203 Å². The maximum atomic E-state index is 12.6. The largest absolute Gasteiger partial charge is 0.477 e. The Morgan fingerprint density at radius 1 is 1.42 bits per heavy atom. The van der Waals surface area contributed by atoms with Crippen molar-refractivity contribution in [1.29, 1.82) is 0 Å². The minimum Gasteiger partial charge on any atom is -0.477 e. The number of nitrogens with zero attached hydrogens (tertiary/aromatic N) is 4. The Bertz CT molecular complexity index is 1330. The number of aromatic nitrogens is 3. The first kappa shape index (κ1) is 22.4. The van der Waals surface area contributed by atoms with Gasteiger partial charge in [-0.05, 0) is 19.1 Å². The van der Waals surface area contributed by atoms with Crippen LogP contribution in [0.2, 0.25) is 5.02 Å². The SMILES string of the molecule is C[C@@H](O)[C@H]1C(=O)N2C(C(=O)O)=C(Sc3nc4c(Cn5cc[n+](C)c5)cc(Cl)cc4s3)[C@H](C)[C@H]12. The molecule has 1 fully saturated rings. The summed E-state index contributed by atoms with van der Waals surface area (Å²) >= 11 is 9.11. The van der Waals surface area contributed by atoms with Gasteiger partial charge in [0.1, 0.15) is 24.6 Å². The molecule has 2 aromatic heterocycles. The van der Waals surface area contributed by atoms with Gasteiger partial charge >= 0.3 is 5.97 Å². The zero-order chi connectivity index (χ0) is 23.6. The van der Waals surface area contributed by atoms with Crippen molar-refractivity contribution < 1.29 is 24.4 Å². The first-order valence-electron chi connectivity index (χ1n) is 10.4. The number of imidazole rings is 1. The van der Waals surface area contributed by atoms with Crippen LogP contribution in [0.3, 0.4) is 0 Å². The van der Waals surface area contributed by atoms with Gasteiger partial charge in [0.25, 0.3) is 0 Å². The normalized spacial score (nSPS) is 23.2. The van der Waals surface area contributed by atoms with Crippen molar-refractivity contribution >= 4 is 56.8 Å². The molecule has 0 saturated carbocycles. The van der Waals surface area contributed by atoms with Gasteiger partial charge in [0.05, 0.1) is 35.3 Å². The summed E-state index contributed by atoms with van der Waals surface area (Å²) in [5.41, 5.74) is 1.79. The number of β-lactam (4-membered cyclic amide) rings is 1. The van der Waals surface area contributed by atoms with Gasteiger partial charge in [0.15, 0.2) is 4.34 Å². The highest BCUT2D eigenvalue weighted by atomic mass is 35.5. The van der Waals surface area contributed by atoms with Gasteiger partial charge in [-0.25, -0.2) is 18.9 Å². The van der Waals surface area contributed by atoms with E-state index in [1.54, 1.807) is 6.92 Å². The first-order valence-corrected chi connectivity index (χ1v) is 12.4. The van der Waals surface area contributed by atoms with E-state index in [9.17, 15) is 19.8 Å². The lowest BCUT2D eigenvalue weighted by Crippen LogP contribution is -2.63. The molecule has 172 valence electrons. The lowest BCUT2D eigenvalue weighted by Gasteiger charge is -2.46. The molecule has 1 aromatic carbocycles. The molecule has 4 atom stereocenters. The molecule has 1 saturated heterocycles. The average molecular weight is 506 g/mol. The number of benzene rings is 1. The van der Waals surface area contributed by atoms with Crippen molar-refractivity contribution in [3.63, 3.8) is 0 Å². The zero-order valence-corrected chi connectivity index (χ0v) is 20.5. The molecule has 3 aromatic rings. The molecule has 0 bridgehead atoms. The summed E-state index contributed by atoms with van der Waals surface area (Å²) in [5.74, 6) is -2.29. The fourth-order valence-electron chi connectivity index (χ4n) is 4.75. The topological polar surface area (TPSA) is 99.5 Å². The third-order valence-electron chi connectivity index (χ3n) is 6.20. The number of thioether (sulfide) groups is 1. The number of aliphatic hydroxyl groups is 1. The number of hydrogen-bond donors (Lipinski definition) is 2. The number of rotatable bonds is 6. The van der Waals surface area contributed by atoms with Crippen LogP contribution in [-0.2, 0) is 23.2 Å². The third-order valence-corrected chi connectivity index (χ3v) is 8.77. The zero-order valence-electron chi connectivity index (χ0n) is 18.1. The van der Waals surface area contributed by atoms with Crippen LogP contribution >= 0.6 is 34.7 Å². The van der Waals surface area contributed by atoms with Crippen LogP contribution in [0.4, 0.5) is 0 Å². The number of thiazole rings is 1. The molecule has 2 N–H and O–H groups in total. The second-order valence-electron chi connectivity index (χ2n) is 8.52. The molecule has 33 heavy (non-hydrogen) atoms. The van der Waals surface area contributed by atoms with E-state index in [-0.39, 0.29) is 23.6 Å². The van der Waals surface area contributed by atoms with Crippen LogP contribution in [0.15, 0.2) is 45.8 Å². The molecule has 4 heterocycles. The molecule has 2 aliphatic heterocycles. The quantitative estimate of drug-likeness (QED) is 0.395. The maximum Gasteiger partial charge on any atom is 0.353 e. The van der Waals surface area contributed by atoms with Gasteiger partial charge in [-0.3, -0.25) is 4.79 Å². The summed E-state index contributed by atoms with van der Waals surface area (Å²) in [4.78, 5) is 31.4. The van der Waals surface area contributed by atoms with Crippen LogP contribution in [0, 0.1) is 11.8 Å². The molecule has 2 aliphatic rings. The van der Waals surface area contributed by atoms with E-state index < -0.39 is 18.0 Å². The Balaban J connectivity index is 1.51. The van der Waals surface area contributed by atoms with Crippen LogP contribution in [-0.4, -0.2) is 48.7 Å². The Hall–Kier alpha value is -2.40. The van der Waals surface area contributed by atoms with Crippen molar-refractivity contribution in [2.75, 3.05) is 0 Å². The number of aryl methyl sites for hydroxylation is 1. The number of hydrogen-bond acceptors (Lipinski definition) is 6. The standard InChI is InChI=1S/C22H21ClN4O4S2/c1-10-17-15(11(2)28)20(29)27(17)18(21(30)31)19(10)33-22-24-16-12(6-13(23)7-14(16)32-22)8-26-5-4-25(3)9-26/h4-7,9-11,15,17,28H,8H2,1-3H3/p+1/t10-,11-,15-,17-/m1/s1. The number of carbonyl (C=O) groups is 2. The summed E-state index contributed by atoms with van der Waals surface area (Å²) in [6, 6.07) is 3.42. The van der Waals surface area contributed by atoms with Crippen LogP contribution in [0.5, 0.6) is 0 Å². The highest BCUT2D eigenvalue weighted by Crippen LogP contribution is 2.52. The van der Waals surface area contributed by atoms with E-state index in [2.05, 4.69) is 0 Å². The minimum absolute atomic E-state index is 0.00301. The summed E-state index contributed by atoms with van der Waals surface area (Å²) in [6.45, 7) is 4.08. The second-order valence-corrected chi connectivity index (χ2v) is 11.3. The molecule has 8 nitrogen and oxygen atoms in total. The lowest BCUT2D eigenvalue weighted by molar-refractivity contribution is -0.671. The Morgan fingerprint density at radius 3 is 2.82 bits per heavy atom. The van der Waals surface area contributed by atoms with Crippen molar-refractivity contribution in [3.05, 3.63) is 52.0 Å². The van der Waals surface area contributed by atoms with Gasteiger partial charge in [-0.2, -0.15) is 0 Å². The molecule has 5 rings (SSSR count). The Morgan fingerprint density at radius 2 is 2.18 bits per heavy atom. The number of fused-ring (bicyclic) bond motifs is 2. The third kappa shape index (κ3) is 3.65.